The molecule has 0 bridgehead atoms. The molecule has 1 saturated heterocycles. The van der Waals surface area contributed by atoms with Gasteiger partial charge in [-0.1, -0.05) is 12.1 Å². The molecule has 3 rings (SSSR count). The maximum atomic E-state index is 12.6. The standard InChI is InChI=1S/C21H25NO6S/c1-14-10-19(15(2)22(14)18-8-9-29(25,26)13-18)20(23)12-28-21(24)17-6-4-16(5-7-17)11-27-3/h4-7,10,18H,8-9,11-13H2,1-3H3. The van der Waals surface area contributed by atoms with E-state index < -0.39 is 15.8 Å². The van der Waals surface area contributed by atoms with Crippen molar-refractivity contribution in [2.75, 3.05) is 25.2 Å². The highest BCUT2D eigenvalue weighted by Gasteiger charge is 2.31. The number of methoxy groups -OCH3 is 1. The van der Waals surface area contributed by atoms with Crippen molar-refractivity contribution in [1.29, 1.82) is 0 Å². The number of aryl methyl sites for hydroxylation is 1. The van der Waals surface area contributed by atoms with E-state index in [1.54, 1.807) is 44.4 Å². The number of benzene rings is 1. The topological polar surface area (TPSA) is 91.7 Å². The maximum absolute atomic E-state index is 12.6. The third kappa shape index (κ3) is 4.76. The molecule has 1 aliphatic heterocycles. The monoisotopic (exact) mass is 419 g/mol. The fourth-order valence-corrected chi connectivity index (χ4v) is 5.50. The van der Waals surface area contributed by atoms with Crippen molar-refractivity contribution in [1.82, 2.24) is 4.57 Å². The first-order valence-corrected chi connectivity index (χ1v) is 11.2. The summed E-state index contributed by atoms with van der Waals surface area (Å²) in [5.74, 6) is -0.628. The van der Waals surface area contributed by atoms with Gasteiger partial charge in [0.1, 0.15) is 0 Å². The lowest BCUT2D eigenvalue weighted by molar-refractivity contribution is 0.0474. The Labute approximate surface area is 170 Å². The predicted molar refractivity (Wildman–Crippen MR) is 108 cm³/mol. The van der Waals surface area contributed by atoms with E-state index in [4.69, 9.17) is 9.47 Å². The van der Waals surface area contributed by atoms with Crippen molar-refractivity contribution in [3.63, 3.8) is 0 Å². The number of aromatic nitrogens is 1. The van der Waals surface area contributed by atoms with Gasteiger partial charge in [-0.2, -0.15) is 0 Å². The summed E-state index contributed by atoms with van der Waals surface area (Å²) >= 11 is 0. The predicted octanol–water partition coefficient (Wildman–Crippen LogP) is 2.65. The first-order valence-electron chi connectivity index (χ1n) is 9.39. The average Bonchev–Trinajstić information content (AvgIpc) is 3.18. The van der Waals surface area contributed by atoms with E-state index in [0.717, 1.165) is 11.3 Å². The van der Waals surface area contributed by atoms with Crippen molar-refractivity contribution < 1.29 is 27.5 Å². The summed E-state index contributed by atoms with van der Waals surface area (Å²) in [5, 5.41) is 0. The summed E-state index contributed by atoms with van der Waals surface area (Å²) in [7, 11) is -1.44. The second-order valence-electron chi connectivity index (χ2n) is 7.34. The van der Waals surface area contributed by atoms with Gasteiger partial charge in [-0.25, -0.2) is 13.2 Å². The van der Waals surface area contributed by atoms with Gasteiger partial charge in [0, 0.05) is 30.1 Å². The van der Waals surface area contributed by atoms with E-state index in [-0.39, 0.29) is 29.9 Å². The highest BCUT2D eigenvalue weighted by Crippen LogP contribution is 2.29. The third-order valence-electron chi connectivity index (χ3n) is 5.19. The van der Waals surface area contributed by atoms with Crippen LogP contribution in [0.3, 0.4) is 0 Å². The van der Waals surface area contributed by atoms with Crippen LogP contribution in [0.4, 0.5) is 0 Å². The van der Waals surface area contributed by atoms with Gasteiger partial charge < -0.3 is 14.0 Å². The van der Waals surface area contributed by atoms with Gasteiger partial charge in [0.05, 0.1) is 23.7 Å². The van der Waals surface area contributed by atoms with Crippen molar-refractivity contribution in [3.05, 3.63) is 58.4 Å². The van der Waals surface area contributed by atoms with Crippen LogP contribution in [-0.4, -0.2) is 50.0 Å². The molecule has 1 aromatic carbocycles. The van der Waals surface area contributed by atoms with Crippen LogP contribution in [0, 0.1) is 13.8 Å². The first-order chi connectivity index (χ1) is 13.7. The first kappa shape index (κ1) is 21.3. The third-order valence-corrected chi connectivity index (χ3v) is 6.94. The van der Waals surface area contributed by atoms with Crippen LogP contribution < -0.4 is 0 Å². The fraction of sp³-hybridized carbons (Fsp3) is 0.429. The Hall–Kier alpha value is -2.45. The molecule has 1 aromatic heterocycles. The number of esters is 1. The molecule has 0 saturated carbocycles. The van der Waals surface area contributed by atoms with E-state index in [0.29, 0.717) is 29.8 Å². The van der Waals surface area contributed by atoms with Crippen LogP contribution in [0.2, 0.25) is 0 Å². The Morgan fingerprint density at radius 1 is 1.17 bits per heavy atom. The quantitative estimate of drug-likeness (QED) is 0.506. The minimum absolute atomic E-state index is 0.0883. The van der Waals surface area contributed by atoms with Gasteiger partial charge in [-0.05, 0) is 44.0 Å². The van der Waals surface area contributed by atoms with E-state index >= 15 is 0 Å². The minimum Gasteiger partial charge on any atom is -0.454 e. The van der Waals surface area contributed by atoms with Crippen LogP contribution in [0.1, 0.15) is 50.1 Å². The Morgan fingerprint density at radius 2 is 1.86 bits per heavy atom. The molecule has 1 fully saturated rings. The number of Topliss-reactive ketones (excluding diaryl/α,β-unsaturated/α-hetero) is 1. The van der Waals surface area contributed by atoms with Gasteiger partial charge in [-0.3, -0.25) is 4.79 Å². The molecule has 0 spiro atoms. The Morgan fingerprint density at radius 3 is 2.45 bits per heavy atom. The van der Waals surface area contributed by atoms with E-state index in [1.807, 2.05) is 11.5 Å². The number of nitrogens with zero attached hydrogens (tertiary/aromatic N) is 1. The number of carbonyl (C=O) groups excluding carboxylic acids is 2. The Balaban J connectivity index is 1.66. The zero-order valence-corrected chi connectivity index (χ0v) is 17.6. The van der Waals surface area contributed by atoms with Crippen molar-refractivity contribution in [3.8, 4) is 0 Å². The van der Waals surface area contributed by atoms with Gasteiger partial charge in [0.15, 0.2) is 16.4 Å². The SMILES string of the molecule is COCc1ccc(C(=O)OCC(=O)c2cc(C)n(C3CCS(=O)(=O)C3)c2C)cc1. The van der Waals surface area contributed by atoms with Gasteiger partial charge in [0.2, 0.25) is 5.78 Å². The average molecular weight is 419 g/mol. The number of ketones is 1. The molecule has 0 N–H and O–H groups in total. The number of sulfone groups is 1. The van der Waals surface area contributed by atoms with Crippen molar-refractivity contribution >= 4 is 21.6 Å². The molecule has 8 heteroatoms. The molecule has 1 unspecified atom stereocenters. The molecule has 1 aliphatic rings. The molecule has 2 aromatic rings. The summed E-state index contributed by atoms with van der Waals surface area (Å²) in [4.78, 5) is 24.8. The molecule has 156 valence electrons. The summed E-state index contributed by atoms with van der Waals surface area (Å²) in [6.07, 6.45) is 0.542. The summed E-state index contributed by atoms with van der Waals surface area (Å²) in [5.41, 5.74) is 3.28. The molecule has 0 amide bonds. The molecule has 1 atom stereocenters. The van der Waals surface area contributed by atoms with Crippen LogP contribution in [0.15, 0.2) is 30.3 Å². The van der Waals surface area contributed by atoms with Crippen molar-refractivity contribution in [2.45, 2.75) is 32.9 Å². The highest BCUT2D eigenvalue weighted by molar-refractivity contribution is 7.91. The summed E-state index contributed by atoms with van der Waals surface area (Å²) in [6.45, 7) is 3.72. The molecule has 0 aliphatic carbocycles. The zero-order valence-electron chi connectivity index (χ0n) is 16.8. The molecule has 29 heavy (non-hydrogen) atoms. The number of ether oxygens (including phenoxy) is 2. The van der Waals surface area contributed by atoms with Gasteiger partial charge >= 0.3 is 5.97 Å². The van der Waals surface area contributed by atoms with Crippen molar-refractivity contribution in [2.24, 2.45) is 0 Å². The van der Waals surface area contributed by atoms with Gasteiger partial charge in [-0.15, -0.1) is 0 Å². The highest BCUT2D eigenvalue weighted by atomic mass is 32.2. The van der Waals surface area contributed by atoms with E-state index in [1.165, 1.54) is 0 Å². The molecular formula is C21H25NO6S. The summed E-state index contributed by atoms with van der Waals surface area (Å²) in [6, 6.07) is 8.38. The Kier molecular flexibility index (Phi) is 6.24. The second-order valence-corrected chi connectivity index (χ2v) is 9.57. The molecule has 2 heterocycles. The number of rotatable bonds is 7. The van der Waals surface area contributed by atoms with E-state index in [2.05, 4.69) is 0 Å². The lowest BCUT2D eigenvalue weighted by atomic mass is 10.1. The zero-order chi connectivity index (χ0) is 21.2. The summed E-state index contributed by atoms with van der Waals surface area (Å²) < 4.78 is 35.7. The van der Waals surface area contributed by atoms with E-state index in [9.17, 15) is 18.0 Å². The normalized spacial score (nSPS) is 18.0. The number of hydrogen-bond acceptors (Lipinski definition) is 6. The smallest absolute Gasteiger partial charge is 0.338 e. The number of carbonyl (C=O) groups is 2. The van der Waals surface area contributed by atoms with Crippen LogP contribution in [-0.2, 0) is 25.9 Å². The fourth-order valence-electron chi connectivity index (χ4n) is 3.80. The second kappa shape index (κ2) is 8.51. The lowest BCUT2D eigenvalue weighted by Gasteiger charge is -2.16. The minimum atomic E-state index is -3.03. The Bertz CT molecular complexity index is 1020. The lowest BCUT2D eigenvalue weighted by Crippen LogP contribution is -2.17. The van der Waals surface area contributed by atoms with Crippen LogP contribution in [0.25, 0.3) is 0 Å². The molecular weight excluding hydrogens is 394 g/mol. The molecule has 0 radical (unpaired) electrons. The largest absolute Gasteiger partial charge is 0.454 e. The molecule has 7 nitrogen and oxygen atoms in total. The number of hydrogen-bond donors (Lipinski definition) is 0. The van der Waals surface area contributed by atoms with Crippen LogP contribution >= 0.6 is 0 Å². The van der Waals surface area contributed by atoms with Crippen LogP contribution in [0.5, 0.6) is 0 Å². The van der Waals surface area contributed by atoms with Gasteiger partial charge in [0.25, 0.3) is 0 Å². The maximum Gasteiger partial charge on any atom is 0.338 e.